The fourth-order valence-electron chi connectivity index (χ4n) is 2.67. The number of nitro groups is 1. The molecule has 5 nitrogen and oxygen atoms in total. The fourth-order valence-corrected chi connectivity index (χ4v) is 3.39. The summed E-state index contributed by atoms with van der Waals surface area (Å²) in [4.78, 5) is 25.1. The van der Waals surface area contributed by atoms with Crippen LogP contribution in [0.4, 0.5) is 10.7 Å². The van der Waals surface area contributed by atoms with Crippen molar-refractivity contribution >= 4 is 34.0 Å². The Kier molecular flexibility index (Phi) is 3.77. The van der Waals surface area contributed by atoms with E-state index in [4.69, 9.17) is 0 Å². The van der Waals surface area contributed by atoms with E-state index in [0.717, 1.165) is 23.4 Å². The minimum atomic E-state index is -0.428. The normalized spacial score (nSPS) is 17.0. The zero-order chi connectivity index (χ0) is 15.7. The van der Waals surface area contributed by atoms with Gasteiger partial charge in [-0.3, -0.25) is 14.9 Å². The van der Waals surface area contributed by atoms with Gasteiger partial charge in [0, 0.05) is 28.7 Å². The van der Waals surface area contributed by atoms with E-state index in [-0.39, 0.29) is 17.0 Å². The van der Waals surface area contributed by atoms with E-state index in [9.17, 15) is 14.9 Å². The number of fused-ring (bicyclic) bond motifs is 1. The van der Waals surface area contributed by atoms with Crippen LogP contribution in [0.1, 0.15) is 17.4 Å². The molecule has 0 aliphatic carbocycles. The maximum atomic E-state index is 12.4. The first-order valence-corrected chi connectivity index (χ1v) is 7.71. The summed E-state index contributed by atoms with van der Waals surface area (Å²) >= 11 is 1.06. The first-order chi connectivity index (χ1) is 10.6. The van der Waals surface area contributed by atoms with Gasteiger partial charge in [-0.1, -0.05) is 29.5 Å². The van der Waals surface area contributed by atoms with E-state index < -0.39 is 4.92 Å². The van der Waals surface area contributed by atoms with Crippen LogP contribution in [0.15, 0.2) is 42.5 Å². The maximum Gasteiger partial charge on any atom is 0.324 e. The lowest BCUT2D eigenvalue weighted by molar-refractivity contribution is -0.380. The molecule has 1 atom stereocenters. The number of thiophene rings is 1. The van der Waals surface area contributed by atoms with E-state index in [1.165, 1.54) is 17.7 Å². The van der Waals surface area contributed by atoms with E-state index in [1.54, 1.807) is 17.0 Å². The van der Waals surface area contributed by atoms with Gasteiger partial charge < -0.3 is 4.90 Å². The molecule has 112 valence electrons. The number of carbonyl (C=O) groups excluding carboxylic acids is 1. The number of carbonyl (C=O) groups is 1. The lowest BCUT2D eigenvalue weighted by atomic mass is 10.1. The summed E-state index contributed by atoms with van der Waals surface area (Å²) in [6.07, 6.45) is 3.96. The predicted octanol–water partition coefficient (Wildman–Crippen LogP) is 3.65. The van der Waals surface area contributed by atoms with Gasteiger partial charge in [-0.15, -0.1) is 0 Å². The number of hydrogen-bond donors (Lipinski definition) is 0. The molecule has 0 fully saturated rings. The second kappa shape index (κ2) is 5.73. The quantitative estimate of drug-likeness (QED) is 0.493. The lowest BCUT2D eigenvalue weighted by Crippen LogP contribution is -2.34. The molecule has 0 radical (unpaired) electrons. The first-order valence-electron chi connectivity index (χ1n) is 6.89. The van der Waals surface area contributed by atoms with Crippen molar-refractivity contribution in [3.05, 3.63) is 63.0 Å². The second-order valence-electron chi connectivity index (χ2n) is 5.16. The van der Waals surface area contributed by atoms with Gasteiger partial charge in [-0.25, -0.2) is 0 Å². The highest BCUT2D eigenvalue weighted by atomic mass is 32.1. The van der Waals surface area contributed by atoms with Crippen LogP contribution >= 0.6 is 11.3 Å². The number of nitrogens with zero attached hydrogens (tertiary/aromatic N) is 2. The molecular weight excluding hydrogens is 300 g/mol. The van der Waals surface area contributed by atoms with Crippen LogP contribution in [-0.2, 0) is 11.2 Å². The molecule has 2 aromatic rings. The van der Waals surface area contributed by atoms with Crippen LogP contribution < -0.4 is 4.90 Å². The molecule has 3 rings (SSSR count). The molecule has 1 amide bonds. The average Bonchev–Trinajstić information content (AvgIpc) is 3.08. The van der Waals surface area contributed by atoms with Crippen LogP contribution in [0.2, 0.25) is 0 Å². The largest absolute Gasteiger partial charge is 0.324 e. The minimum Gasteiger partial charge on any atom is -0.305 e. The summed E-state index contributed by atoms with van der Waals surface area (Å²) in [5, 5.41) is 10.7. The molecule has 1 aromatic heterocycles. The molecule has 22 heavy (non-hydrogen) atoms. The number of anilines is 1. The Labute approximate surface area is 131 Å². The molecule has 6 heteroatoms. The van der Waals surface area contributed by atoms with Crippen molar-refractivity contribution in [2.24, 2.45) is 0 Å². The molecule has 0 spiro atoms. The highest BCUT2D eigenvalue weighted by Crippen LogP contribution is 2.32. The van der Waals surface area contributed by atoms with Gasteiger partial charge in [0.15, 0.2) is 0 Å². The summed E-state index contributed by atoms with van der Waals surface area (Å²) in [5.41, 5.74) is 2.12. The van der Waals surface area contributed by atoms with Gasteiger partial charge >= 0.3 is 5.00 Å². The molecule has 1 aliphatic rings. The van der Waals surface area contributed by atoms with Crippen LogP contribution in [0.25, 0.3) is 6.08 Å². The Hall–Kier alpha value is -2.47. The van der Waals surface area contributed by atoms with Crippen molar-refractivity contribution in [2.45, 2.75) is 19.4 Å². The van der Waals surface area contributed by atoms with Crippen molar-refractivity contribution in [1.29, 1.82) is 0 Å². The van der Waals surface area contributed by atoms with Crippen molar-refractivity contribution < 1.29 is 9.72 Å². The standard InChI is InChI=1S/C16H14N2O3S/c1-11-10-12-4-2-3-5-14(12)17(11)15(19)8-6-13-7-9-16(22-13)18(20)21/h2-9,11H,10H2,1H3/b8-6+. The summed E-state index contributed by atoms with van der Waals surface area (Å²) in [6, 6.07) is 11.1. The van der Waals surface area contributed by atoms with Crippen molar-refractivity contribution in [3.63, 3.8) is 0 Å². The Morgan fingerprint density at radius 3 is 2.86 bits per heavy atom. The van der Waals surface area contributed by atoms with Crippen LogP contribution in [-0.4, -0.2) is 16.9 Å². The highest BCUT2D eigenvalue weighted by Gasteiger charge is 2.29. The van der Waals surface area contributed by atoms with E-state index in [2.05, 4.69) is 0 Å². The Morgan fingerprint density at radius 1 is 1.36 bits per heavy atom. The zero-order valence-corrected chi connectivity index (χ0v) is 12.7. The van der Waals surface area contributed by atoms with Crippen LogP contribution in [0, 0.1) is 10.1 Å². The maximum absolute atomic E-state index is 12.4. The number of amides is 1. The van der Waals surface area contributed by atoms with Crippen molar-refractivity contribution in [3.8, 4) is 0 Å². The molecule has 0 saturated carbocycles. The average molecular weight is 314 g/mol. The monoisotopic (exact) mass is 314 g/mol. The summed E-state index contributed by atoms with van der Waals surface area (Å²) < 4.78 is 0. The molecule has 0 saturated heterocycles. The molecule has 1 aliphatic heterocycles. The Morgan fingerprint density at radius 2 is 2.14 bits per heavy atom. The number of rotatable bonds is 3. The number of hydrogen-bond acceptors (Lipinski definition) is 4. The van der Waals surface area contributed by atoms with E-state index >= 15 is 0 Å². The van der Waals surface area contributed by atoms with Gasteiger partial charge in [0.25, 0.3) is 5.91 Å². The summed E-state index contributed by atoms with van der Waals surface area (Å²) in [6.45, 7) is 2.02. The van der Waals surface area contributed by atoms with Crippen LogP contribution in [0.3, 0.4) is 0 Å². The Bertz CT molecular complexity index is 766. The summed E-state index contributed by atoms with van der Waals surface area (Å²) in [7, 11) is 0. The SMILES string of the molecule is CC1Cc2ccccc2N1C(=O)/C=C/c1ccc([N+](=O)[O-])s1. The third kappa shape index (κ3) is 2.65. The number of benzene rings is 1. The smallest absolute Gasteiger partial charge is 0.305 e. The lowest BCUT2D eigenvalue weighted by Gasteiger charge is -2.20. The van der Waals surface area contributed by atoms with Crippen molar-refractivity contribution in [2.75, 3.05) is 4.90 Å². The minimum absolute atomic E-state index is 0.0759. The van der Waals surface area contributed by atoms with Gasteiger partial charge in [-0.2, -0.15) is 0 Å². The third-order valence-corrected chi connectivity index (χ3v) is 4.63. The van der Waals surface area contributed by atoms with Gasteiger partial charge in [0.05, 0.1) is 4.92 Å². The molecule has 1 unspecified atom stereocenters. The van der Waals surface area contributed by atoms with E-state index in [0.29, 0.717) is 4.88 Å². The molecule has 1 aromatic carbocycles. The second-order valence-corrected chi connectivity index (χ2v) is 6.25. The van der Waals surface area contributed by atoms with Crippen LogP contribution in [0.5, 0.6) is 0 Å². The fraction of sp³-hybridized carbons (Fsp3) is 0.188. The highest BCUT2D eigenvalue weighted by molar-refractivity contribution is 7.16. The zero-order valence-electron chi connectivity index (χ0n) is 11.9. The van der Waals surface area contributed by atoms with Gasteiger partial charge in [0.2, 0.25) is 0 Å². The first kappa shape index (κ1) is 14.5. The summed E-state index contributed by atoms with van der Waals surface area (Å²) in [5.74, 6) is -0.103. The Balaban J connectivity index is 1.79. The van der Waals surface area contributed by atoms with E-state index in [1.807, 2.05) is 31.2 Å². The third-order valence-electron chi connectivity index (χ3n) is 3.63. The molecule has 0 bridgehead atoms. The number of para-hydroxylation sites is 1. The topological polar surface area (TPSA) is 63.5 Å². The van der Waals surface area contributed by atoms with Gasteiger partial charge in [0.1, 0.15) is 0 Å². The predicted molar refractivity (Wildman–Crippen MR) is 87.1 cm³/mol. The molecule has 0 N–H and O–H groups in total. The van der Waals surface area contributed by atoms with Gasteiger partial charge in [-0.05, 0) is 37.1 Å². The van der Waals surface area contributed by atoms with Crippen molar-refractivity contribution in [1.82, 2.24) is 0 Å². The molecular formula is C16H14N2O3S. The molecule has 2 heterocycles.